The molecule has 1 aromatic rings. The van der Waals surface area contributed by atoms with Crippen LogP contribution in [0.3, 0.4) is 0 Å². The van der Waals surface area contributed by atoms with E-state index >= 15 is 0 Å². The van der Waals surface area contributed by atoms with Gasteiger partial charge in [-0.05, 0) is 44.5 Å². The number of aliphatic hydroxyl groups is 1. The van der Waals surface area contributed by atoms with Gasteiger partial charge in [0.25, 0.3) is 0 Å². The van der Waals surface area contributed by atoms with Crippen molar-refractivity contribution in [2.45, 2.75) is 49.9 Å². The second kappa shape index (κ2) is 8.95. The smallest absolute Gasteiger partial charge is 0.309 e. The Hall–Kier alpha value is -3.64. The van der Waals surface area contributed by atoms with Crippen LogP contribution in [0.4, 0.5) is 5.69 Å². The molecule has 8 atom stereocenters. The Balaban J connectivity index is 1.76. The standard InChI is InChI=1S/C27H31N3O9/c1-9-11-7-8-12(28)19(31)14(11)20(32)15-13(9)22(39-26(37)10-5-4-6-10)17-18(30(2)3)21(33)16(25(29)36)24(35)27(17,38)23(15)34/h7-10,13,15-18,22,31,38H,4-6,28H2,1-3H3,(H2,29,36)/t9-,13+,15?,16?,17+,18-,22-,27-/m0/s1. The van der Waals surface area contributed by atoms with Crippen LogP contribution in [0.2, 0.25) is 0 Å². The predicted octanol–water partition coefficient (Wildman–Crippen LogP) is -0.668. The minimum Gasteiger partial charge on any atom is -0.505 e. The number of hydrogen-bond donors (Lipinski definition) is 4. The summed E-state index contributed by atoms with van der Waals surface area (Å²) in [7, 11) is 2.92. The van der Waals surface area contributed by atoms with Crippen LogP contribution in [-0.2, 0) is 28.7 Å². The quantitative estimate of drug-likeness (QED) is 0.163. The Morgan fingerprint density at radius 2 is 1.74 bits per heavy atom. The molecule has 3 fully saturated rings. The largest absolute Gasteiger partial charge is 0.505 e. The monoisotopic (exact) mass is 541 g/mol. The predicted molar refractivity (Wildman–Crippen MR) is 133 cm³/mol. The number of phenols is 1. The molecule has 4 aliphatic carbocycles. The summed E-state index contributed by atoms with van der Waals surface area (Å²) >= 11 is 0. The zero-order valence-electron chi connectivity index (χ0n) is 21.7. The molecule has 2 unspecified atom stereocenters. The number of nitrogens with two attached hydrogens (primary N) is 2. The molecule has 12 nitrogen and oxygen atoms in total. The molecule has 0 radical (unpaired) electrons. The maximum absolute atomic E-state index is 14.1. The Kier molecular flexibility index (Phi) is 6.18. The third kappa shape index (κ3) is 3.50. The number of benzene rings is 1. The summed E-state index contributed by atoms with van der Waals surface area (Å²) in [5.74, 6) is -14.7. The number of Topliss-reactive ketones (excluding diaryl/α,β-unsaturated/α-hetero) is 4. The third-order valence-corrected chi connectivity index (χ3v) is 9.18. The highest BCUT2D eigenvalue weighted by Gasteiger charge is 2.74. The third-order valence-electron chi connectivity index (χ3n) is 9.18. The van der Waals surface area contributed by atoms with Gasteiger partial charge < -0.3 is 26.4 Å². The van der Waals surface area contributed by atoms with Crippen molar-refractivity contribution < 1.29 is 43.7 Å². The number of nitrogens with zero attached hydrogens (tertiary/aromatic N) is 1. The van der Waals surface area contributed by atoms with E-state index in [1.165, 1.54) is 31.1 Å². The zero-order chi connectivity index (χ0) is 28.7. The van der Waals surface area contributed by atoms with Crippen molar-refractivity contribution in [1.82, 2.24) is 4.90 Å². The highest BCUT2D eigenvalue weighted by atomic mass is 16.5. The van der Waals surface area contributed by atoms with Gasteiger partial charge in [0.15, 0.2) is 34.7 Å². The topological polar surface area (TPSA) is 207 Å². The molecule has 0 spiro atoms. The fourth-order valence-corrected chi connectivity index (χ4v) is 7.00. The molecule has 0 saturated heterocycles. The van der Waals surface area contributed by atoms with E-state index in [2.05, 4.69) is 0 Å². The number of carbonyl (C=O) groups is 6. The first-order chi connectivity index (χ1) is 18.2. The molecule has 6 N–H and O–H groups in total. The van der Waals surface area contributed by atoms with E-state index in [0.717, 1.165) is 6.42 Å². The number of aromatic hydroxyl groups is 1. The Bertz CT molecular complexity index is 1340. The van der Waals surface area contributed by atoms with Gasteiger partial charge in [0.1, 0.15) is 11.9 Å². The number of esters is 1. The van der Waals surface area contributed by atoms with E-state index in [-0.39, 0.29) is 11.3 Å². The number of ketones is 4. The second-order valence-electron chi connectivity index (χ2n) is 11.4. The van der Waals surface area contributed by atoms with Gasteiger partial charge in [0, 0.05) is 5.92 Å². The lowest BCUT2D eigenvalue weighted by Gasteiger charge is -2.56. The molecular formula is C27H31N3O9. The van der Waals surface area contributed by atoms with Crippen molar-refractivity contribution in [3.05, 3.63) is 23.3 Å². The molecular weight excluding hydrogens is 510 g/mol. The van der Waals surface area contributed by atoms with E-state index < -0.39 is 94.0 Å². The van der Waals surface area contributed by atoms with Gasteiger partial charge in [-0.15, -0.1) is 0 Å². The summed E-state index contributed by atoms with van der Waals surface area (Å²) in [6, 6.07) is 1.52. The molecule has 5 rings (SSSR count). The van der Waals surface area contributed by atoms with Crippen LogP contribution < -0.4 is 11.5 Å². The Labute approximate surface area is 223 Å². The summed E-state index contributed by atoms with van der Waals surface area (Å²) in [4.78, 5) is 81.9. The normalized spacial score (nSPS) is 36.1. The van der Waals surface area contributed by atoms with Crippen LogP contribution in [0.25, 0.3) is 0 Å². The number of primary amides is 1. The minimum absolute atomic E-state index is 0.110. The van der Waals surface area contributed by atoms with Gasteiger partial charge in [-0.3, -0.25) is 33.7 Å². The minimum atomic E-state index is -3.04. The maximum atomic E-state index is 14.1. The number of fused-ring (bicyclic) bond motifs is 3. The lowest BCUT2D eigenvalue weighted by atomic mass is 9.49. The molecule has 0 bridgehead atoms. The first-order valence-electron chi connectivity index (χ1n) is 12.9. The van der Waals surface area contributed by atoms with Gasteiger partial charge >= 0.3 is 5.97 Å². The van der Waals surface area contributed by atoms with Gasteiger partial charge in [-0.1, -0.05) is 19.4 Å². The van der Waals surface area contributed by atoms with Crippen molar-refractivity contribution in [3.8, 4) is 5.75 Å². The van der Waals surface area contributed by atoms with E-state index in [1.807, 2.05) is 0 Å². The number of hydrogen-bond acceptors (Lipinski definition) is 11. The van der Waals surface area contributed by atoms with E-state index in [9.17, 15) is 39.0 Å². The van der Waals surface area contributed by atoms with Crippen molar-refractivity contribution in [3.63, 3.8) is 0 Å². The Morgan fingerprint density at radius 1 is 1.10 bits per heavy atom. The molecule has 0 aliphatic heterocycles. The number of rotatable bonds is 4. The number of phenolic OH excluding ortho intramolecular Hbond substituents is 1. The van der Waals surface area contributed by atoms with Crippen LogP contribution in [0.15, 0.2) is 12.1 Å². The van der Waals surface area contributed by atoms with Crippen LogP contribution in [0.1, 0.15) is 48.0 Å². The first-order valence-corrected chi connectivity index (χ1v) is 12.9. The molecule has 208 valence electrons. The summed E-state index contributed by atoms with van der Waals surface area (Å²) < 4.78 is 5.97. The molecule has 4 aliphatic rings. The summed E-state index contributed by atoms with van der Waals surface area (Å²) in [6.07, 6.45) is 0.503. The Morgan fingerprint density at radius 3 is 2.28 bits per heavy atom. The summed E-state index contributed by atoms with van der Waals surface area (Å²) in [5, 5.41) is 22.6. The number of likely N-dealkylation sites (N-methyl/N-ethyl adjacent to an activating group) is 1. The number of ether oxygens (including phenoxy) is 1. The lowest BCUT2D eigenvalue weighted by Crippen LogP contribution is -2.78. The summed E-state index contributed by atoms with van der Waals surface area (Å²) in [5.41, 5.74) is 8.17. The van der Waals surface area contributed by atoms with Crippen LogP contribution in [0.5, 0.6) is 5.75 Å². The van der Waals surface area contributed by atoms with E-state index in [1.54, 1.807) is 6.92 Å². The van der Waals surface area contributed by atoms with E-state index in [0.29, 0.717) is 18.4 Å². The van der Waals surface area contributed by atoms with Gasteiger partial charge in [-0.25, -0.2) is 0 Å². The van der Waals surface area contributed by atoms with Crippen LogP contribution in [-0.4, -0.2) is 82.0 Å². The van der Waals surface area contributed by atoms with E-state index in [4.69, 9.17) is 16.2 Å². The average Bonchev–Trinajstić information content (AvgIpc) is 2.81. The number of nitrogen functional groups attached to an aromatic ring is 1. The highest BCUT2D eigenvalue weighted by molar-refractivity contribution is 6.32. The molecule has 3 saturated carbocycles. The number of amides is 1. The van der Waals surface area contributed by atoms with Crippen molar-refractivity contribution in [1.29, 1.82) is 0 Å². The summed E-state index contributed by atoms with van der Waals surface area (Å²) in [6.45, 7) is 1.67. The van der Waals surface area contributed by atoms with Crippen LogP contribution >= 0.6 is 0 Å². The van der Waals surface area contributed by atoms with Gasteiger partial charge in [0.2, 0.25) is 5.91 Å². The highest BCUT2D eigenvalue weighted by Crippen LogP contribution is 2.56. The fraction of sp³-hybridized carbons (Fsp3) is 0.556. The molecule has 39 heavy (non-hydrogen) atoms. The number of carbonyl (C=O) groups excluding carboxylic acids is 6. The average molecular weight is 542 g/mol. The first kappa shape index (κ1) is 26.9. The lowest BCUT2D eigenvalue weighted by molar-refractivity contribution is -0.208. The molecule has 0 aromatic heterocycles. The maximum Gasteiger partial charge on any atom is 0.309 e. The van der Waals surface area contributed by atoms with Crippen LogP contribution in [0, 0.1) is 29.6 Å². The van der Waals surface area contributed by atoms with Crippen molar-refractivity contribution >= 4 is 40.7 Å². The zero-order valence-corrected chi connectivity index (χ0v) is 21.7. The van der Waals surface area contributed by atoms with Gasteiger partial charge in [-0.2, -0.15) is 0 Å². The second-order valence-corrected chi connectivity index (χ2v) is 11.4. The molecule has 12 heteroatoms. The fourth-order valence-electron chi connectivity index (χ4n) is 7.00. The van der Waals surface area contributed by atoms with Crippen molar-refractivity contribution in [2.24, 2.45) is 35.3 Å². The number of anilines is 1. The SMILES string of the molecule is C[C@H]1c2ccc(N)c(O)c2C(=O)C2C(=O)[C@]3(O)C(=O)C(C(N)=O)C(=O)[C@@H](N(C)C)[C@@H]3[C@@H](OC(=O)C3CCC3)[C@@H]21. The van der Waals surface area contributed by atoms with Gasteiger partial charge in [0.05, 0.1) is 35.0 Å². The molecule has 1 aromatic carbocycles. The molecule has 0 heterocycles. The molecule has 1 amide bonds. The van der Waals surface area contributed by atoms with Crippen molar-refractivity contribution in [2.75, 3.05) is 19.8 Å².